The minimum Gasteiger partial charge on any atom is -0.195 e. The quantitative estimate of drug-likeness (QED) is 0.595. The smallest absolute Gasteiger partial charge is 0.195 e. The summed E-state index contributed by atoms with van der Waals surface area (Å²) in [6, 6.07) is 0. The highest BCUT2D eigenvalue weighted by atomic mass is 32.3. The van der Waals surface area contributed by atoms with Gasteiger partial charge in [-0.2, -0.15) is 8.42 Å². The molecule has 1 fully saturated rings. The maximum atomic E-state index is 12.1. The Labute approximate surface area is 60.6 Å². The van der Waals surface area contributed by atoms with E-state index in [9.17, 15) is 12.3 Å². The van der Waals surface area contributed by atoms with Gasteiger partial charge in [-0.25, -0.2) is 0 Å². The Morgan fingerprint density at radius 3 is 2.10 bits per heavy atom. The molecule has 60 valence electrons. The Morgan fingerprint density at radius 2 is 2.00 bits per heavy atom. The predicted molar refractivity (Wildman–Crippen MR) is 36.9 cm³/mol. The van der Waals surface area contributed by atoms with Crippen LogP contribution >= 0.6 is 0 Å². The van der Waals surface area contributed by atoms with Gasteiger partial charge in [0.25, 0.3) is 0 Å². The first-order valence-corrected chi connectivity index (χ1v) is 4.95. The molecule has 0 unspecified atom stereocenters. The molecule has 1 rings (SSSR count). The molecule has 1 aliphatic carbocycles. The predicted octanol–water partition coefficient (Wildman–Crippen LogP) is 1.48. The lowest BCUT2D eigenvalue weighted by molar-refractivity contribution is 0.500. The van der Waals surface area contributed by atoms with Crippen molar-refractivity contribution in [3.8, 4) is 0 Å². The van der Waals surface area contributed by atoms with Crippen molar-refractivity contribution in [3.63, 3.8) is 0 Å². The van der Waals surface area contributed by atoms with E-state index in [0.717, 1.165) is 19.3 Å². The van der Waals surface area contributed by atoms with Crippen LogP contribution in [-0.2, 0) is 10.2 Å². The van der Waals surface area contributed by atoms with Gasteiger partial charge in [-0.05, 0) is 24.7 Å². The highest BCUT2D eigenvalue weighted by Gasteiger charge is 2.44. The molecule has 0 N–H and O–H groups in total. The summed E-state index contributed by atoms with van der Waals surface area (Å²) in [6.07, 6.45) is 2.51. The molecule has 0 saturated heterocycles. The fourth-order valence-electron chi connectivity index (χ4n) is 1.14. The highest BCUT2D eigenvalue weighted by Crippen LogP contribution is 2.49. The fraction of sp³-hybridized carbons (Fsp3) is 1.00. The molecule has 0 bridgehead atoms. The summed E-state index contributed by atoms with van der Waals surface area (Å²) >= 11 is 0. The Balaban J connectivity index is 2.54. The summed E-state index contributed by atoms with van der Waals surface area (Å²) in [6.45, 7) is 1.90. The first-order valence-electron chi connectivity index (χ1n) is 3.40. The second kappa shape index (κ2) is 2.19. The molecule has 0 amide bonds. The largest absolute Gasteiger partial charge is 0.302 e. The van der Waals surface area contributed by atoms with E-state index in [4.69, 9.17) is 0 Å². The van der Waals surface area contributed by atoms with Crippen LogP contribution in [0.25, 0.3) is 0 Å². The van der Waals surface area contributed by atoms with Gasteiger partial charge in [-0.15, -0.1) is 3.89 Å². The summed E-state index contributed by atoms with van der Waals surface area (Å²) in [4.78, 5) is 0. The van der Waals surface area contributed by atoms with Crippen molar-refractivity contribution in [2.24, 2.45) is 5.41 Å². The third kappa shape index (κ3) is 1.94. The average molecular weight is 166 g/mol. The van der Waals surface area contributed by atoms with Gasteiger partial charge in [0.15, 0.2) is 0 Å². The number of hydrogen-bond acceptors (Lipinski definition) is 2. The average Bonchev–Trinajstić information content (AvgIpc) is 2.45. The SMILES string of the molecule is CCC1(CS(=O)(=O)F)CC1. The summed E-state index contributed by atoms with van der Waals surface area (Å²) < 4.78 is 32.4. The van der Waals surface area contributed by atoms with E-state index in [0.29, 0.717) is 0 Å². The molecule has 1 aliphatic rings. The molecular weight excluding hydrogens is 155 g/mol. The monoisotopic (exact) mass is 166 g/mol. The van der Waals surface area contributed by atoms with Gasteiger partial charge in [0.1, 0.15) is 0 Å². The molecule has 10 heavy (non-hydrogen) atoms. The first-order chi connectivity index (χ1) is 4.47. The van der Waals surface area contributed by atoms with Crippen molar-refractivity contribution in [2.45, 2.75) is 26.2 Å². The molecule has 0 aromatic rings. The van der Waals surface area contributed by atoms with Crippen LogP contribution in [0.2, 0.25) is 0 Å². The Morgan fingerprint density at radius 1 is 1.50 bits per heavy atom. The zero-order valence-corrected chi connectivity index (χ0v) is 6.75. The zero-order valence-electron chi connectivity index (χ0n) is 5.93. The van der Waals surface area contributed by atoms with E-state index < -0.39 is 10.2 Å². The summed E-state index contributed by atoms with van der Waals surface area (Å²) in [5.74, 6) is -0.267. The Kier molecular flexibility index (Phi) is 1.75. The Bertz CT molecular complexity index is 216. The standard InChI is InChI=1S/C6H11FO2S/c1-2-6(3-4-6)5-10(7,8)9/h2-5H2,1H3. The van der Waals surface area contributed by atoms with Gasteiger partial charge in [0.2, 0.25) is 0 Å². The minimum atomic E-state index is -4.23. The number of hydrogen-bond donors (Lipinski definition) is 0. The van der Waals surface area contributed by atoms with E-state index in [1.807, 2.05) is 6.92 Å². The fourth-order valence-corrected chi connectivity index (χ4v) is 2.37. The molecule has 1 saturated carbocycles. The molecule has 0 aromatic heterocycles. The second-order valence-corrected chi connectivity index (χ2v) is 4.40. The van der Waals surface area contributed by atoms with Crippen LogP contribution in [0, 0.1) is 5.41 Å². The lowest BCUT2D eigenvalue weighted by Crippen LogP contribution is -2.11. The topological polar surface area (TPSA) is 34.1 Å². The third-order valence-corrected chi connectivity index (χ3v) is 3.14. The van der Waals surface area contributed by atoms with Crippen molar-refractivity contribution >= 4 is 10.2 Å². The van der Waals surface area contributed by atoms with Crippen molar-refractivity contribution < 1.29 is 12.3 Å². The second-order valence-electron chi connectivity index (χ2n) is 3.04. The molecule has 0 atom stereocenters. The lowest BCUT2D eigenvalue weighted by atomic mass is 10.1. The maximum absolute atomic E-state index is 12.1. The van der Waals surface area contributed by atoms with Crippen LogP contribution in [-0.4, -0.2) is 14.2 Å². The normalized spacial score (nSPS) is 22.6. The van der Waals surface area contributed by atoms with E-state index >= 15 is 0 Å². The van der Waals surface area contributed by atoms with E-state index in [2.05, 4.69) is 0 Å². The van der Waals surface area contributed by atoms with E-state index in [-0.39, 0.29) is 11.2 Å². The molecule has 0 aromatic carbocycles. The highest BCUT2D eigenvalue weighted by molar-refractivity contribution is 7.86. The molecule has 0 radical (unpaired) electrons. The van der Waals surface area contributed by atoms with Gasteiger partial charge >= 0.3 is 10.2 Å². The van der Waals surface area contributed by atoms with Gasteiger partial charge in [-0.1, -0.05) is 6.92 Å². The summed E-state index contributed by atoms with van der Waals surface area (Å²) in [5.41, 5.74) is -0.187. The molecule has 0 spiro atoms. The molecule has 0 heterocycles. The van der Waals surface area contributed by atoms with Gasteiger partial charge < -0.3 is 0 Å². The maximum Gasteiger partial charge on any atom is 0.302 e. The van der Waals surface area contributed by atoms with E-state index in [1.54, 1.807) is 0 Å². The third-order valence-electron chi connectivity index (χ3n) is 2.19. The number of rotatable bonds is 3. The molecule has 2 nitrogen and oxygen atoms in total. The van der Waals surface area contributed by atoms with Crippen LogP contribution < -0.4 is 0 Å². The minimum absolute atomic E-state index is 0.187. The van der Waals surface area contributed by atoms with Crippen molar-refractivity contribution in [1.29, 1.82) is 0 Å². The molecule has 0 aliphatic heterocycles. The van der Waals surface area contributed by atoms with Gasteiger partial charge in [0.05, 0.1) is 5.75 Å². The van der Waals surface area contributed by atoms with Crippen LogP contribution in [0.4, 0.5) is 3.89 Å². The van der Waals surface area contributed by atoms with Crippen LogP contribution in [0.3, 0.4) is 0 Å². The Hall–Kier alpha value is -0.120. The first kappa shape index (κ1) is 7.98. The number of halogens is 1. The molecular formula is C6H11FO2S. The van der Waals surface area contributed by atoms with E-state index in [1.165, 1.54) is 0 Å². The summed E-state index contributed by atoms with van der Waals surface area (Å²) in [7, 11) is -4.23. The van der Waals surface area contributed by atoms with Gasteiger partial charge in [0, 0.05) is 0 Å². The summed E-state index contributed by atoms with van der Waals surface area (Å²) in [5, 5.41) is 0. The van der Waals surface area contributed by atoms with Crippen molar-refractivity contribution in [2.75, 3.05) is 5.75 Å². The lowest BCUT2D eigenvalue weighted by Gasteiger charge is -2.06. The van der Waals surface area contributed by atoms with Gasteiger partial charge in [-0.3, -0.25) is 0 Å². The van der Waals surface area contributed by atoms with Crippen LogP contribution in [0.1, 0.15) is 26.2 Å². The van der Waals surface area contributed by atoms with Crippen LogP contribution in [0.15, 0.2) is 0 Å². The van der Waals surface area contributed by atoms with Crippen molar-refractivity contribution in [1.82, 2.24) is 0 Å². The molecule has 4 heteroatoms. The zero-order chi connectivity index (χ0) is 7.83. The van der Waals surface area contributed by atoms with Crippen molar-refractivity contribution in [3.05, 3.63) is 0 Å². The van der Waals surface area contributed by atoms with Crippen LogP contribution in [0.5, 0.6) is 0 Å².